The van der Waals surface area contributed by atoms with Gasteiger partial charge < -0.3 is 9.47 Å². The molecule has 0 aliphatic rings. The topological polar surface area (TPSA) is 34.0 Å². The van der Waals surface area contributed by atoms with Crippen molar-refractivity contribution in [1.29, 1.82) is 0 Å². The van der Waals surface area contributed by atoms with Gasteiger partial charge in [-0.2, -0.15) is 0 Å². The van der Waals surface area contributed by atoms with Crippen LogP contribution < -0.4 is 0 Å². The van der Waals surface area contributed by atoms with Gasteiger partial charge in [0.25, 0.3) is 0 Å². The van der Waals surface area contributed by atoms with Crippen LogP contribution in [-0.2, 0) is 6.54 Å². The van der Waals surface area contributed by atoms with Crippen molar-refractivity contribution in [3.63, 3.8) is 0 Å². The van der Waals surface area contributed by atoms with Crippen LogP contribution in [0.1, 0.15) is 31.9 Å². The predicted molar refractivity (Wildman–Crippen MR) is 80.6 cm³/mol. The Morgan fingerprint density at radius 2 is 2.16 bits per heavy atom. The number of nitrogens with zero attached hydrogens (tertiary/aromatic N) is 4. The average Bonchev–Trinajstić information content (AvgIpc) is 2.94. The summed E-state index contributed by atoms with van der Waals surface area (Å²) in [6.07, 6.45) is 5.03. The number of hydrogen-bond acceptors (Lipinski definition) is 4. The minimum absolute atomic E-state index is 0.474. The third kappa shape index (κ3) is 3.64. The molecule has 0 radical (unpaired) electrons. The molecule has 2 rings (SSSR count). The lowest BCUT2D eigenvalue weighted by Gasteiger charge is -2.10. The highest BCUT2D eigenvalue weighted by molar-refractivity contribution is 7.13. The van der Waals surface area contributed by atoms with Gasteiger partial charge in [-0.05, 0) is 33.0 Å². The molecule has 0 aliphatic heterocycles. The third-order valence-electron chi connectivity index (χ3n) is 3.02. The summed E-state index contributed by atoms with van der Waals surface area (Å²) < 4.78 is 2.20. The Morgan fingerprint density at radius 1 is 1.37 bits per heavy atom. The maximum absolute atomic E-state index is 4.68. The molecule has 0 aromatic carbocycles. The monoisotopic (exact) mass is 278 g/mol. The van der Waals surface area contributed by atoms with Gasteiger partial charge in [-0.25, -0.2) is 9.97 Å². The van der Waals surface area contributed by atoms with Crippen LogP contribution in [-0.4, -0.2) is 40.1 Å². The van der Waals surface area contributed by atoms with E-state index >= 15 is 0 Å². The normalized spacial score (nSPS) is 11.7. The van der Waals surface area contributed by atoms with E-state index in [0.29, 0.717) is 5.92 Å². The minimum atomic E-state index is 0.474. The lowest BCUT2D eigenvalue weighted by atomic mass is 10.2. The van der Waals surface area contributed by atoms with Gasteiger partial charge in [0, 0.05) is 24.3 Å². The van der Waals surface area contributed by atoms with Crippen molar-refractivity contribution in [2.24, 2.45) is 0 Å². The average molecular weight is 278 g/mol. The van der Waals surface area contributed by atoms with Gasteiger partial charge in [-0.1, -0.05) is 13.8 Å². The zero-order chi connectivity index (χ0) is 13.8. The number of rotatable bonds is 6. The summed E-state index contributed by atoms with van der Waals surface area (Å²) in [7, 11) is 4.20. The van der Waals surface area contributed by atoms with E-state index in [-0.39, 0.29) is 0 Å². The summed E-state index contributed by atoms with van der Waals surface area (Å²) >= 11 is 1.68. The maximum Gasteiger partial charge on any atom is 0.169 e. The Hall–Kier alpha value is -1.20. The Kier molecular flexibility index (Phi) is 4.71. The predicted octanol–water partition coefficient (Wildman–Crippen LogP) is 3.08. The molecular formula is C14H22N4S. The number of thiazole rings is 1. The second kappa shape index (κ2) is 6.30. The van der Waals surface area contributed by atoms with Crippen molar-refractivity contribution >= 4 is 11.3 Å². The second-order valence-corrected chi connectivity index (χ2v) is 6.19. The van der Waals surface area contributed by atoms with Gasteiger partial charge >= 0.3 is 0 Å². The van der Waals surface area contributed by atoms with Gasteiger partial charge in [0.15, 0.2) is 10.8 Å². The SMILES string of the molecule is CC(C)c1csc(-c2nccn2CCCN(C)C)n1. The molecule has 2 heterocycles. The zero-order valence-corrected chi connectivity index (χ0v) is 12.9. The van der Waals surface area contributed by atoms with E-state index in [4.69, 9.17) is 0 Å². The van der Waals surface area contributed by atoms with Crippen LogP contribution in [0.2, 0.25) is 0 Å². The van der Waals surface area contributed by atoms with Gasteiger partial charge in [-0.3, -0.25) is 0 Å². The first-order chi connectivity index (χ1) is 9.08. The largest absolute Gasteiger partial charge is 0.329 e. The quantitative estimate of drug-likeness (QED) is 0.814. The van der Waals surface area contributed by atoms with E-state index < -0.39 is 0 Å². The first-order valence-electron chi connectivity index (χ1n) is 6.69. The molecule has 19 heavy (non-hydrogen) atoms. The Balaban J connectivity index is 2.09. The van der Waals surface area contributed by atoms with Gasteiger partial charge in [0.05, 0.1) is 5.69 Å². The first-order valence-corrected chi connectivity index (χ1v) is 7.57. The van der Waals surface area contributed by atoms with Crippen LogP contribution in [0.4, 0.5) is 0 Å². The fourth-order valence-electron chi connectivity index (χ4n) is 1.90. The van der Waals surface area contributed by atoms with Gasteiger partial charge in [-0.15, -0.1) is 11.3 Å². The van der Waals surface area contributed by atoms with E-state index in [1.807, 2.05) is 12.4 Å². The highest BCUT2D eigenvalue weighted by Gasteiger charge is 2.12. The van der Waals surface area contributed by atoms with E-state index in [0.717, 1.165) is 36.0 Å². The second-order valence-electron chi connectivity index (χ2n) is 5.33. The molecule has 0 aliphatic carbocycles. The van der Waals surface area contributed by atoms with Crippen molar-refractivity contribution < 1.29 is 0 Å². The molecule has 0 fully saturated rings. The van der Waals surface area contributed by atoms with E-state index in [1.54, 1.807) is 11.3 Å². The Morgan fingerprint density at radius 3 is 2.79 bits per heavy atom. The lowest BCUT2D eigenvalue weighted by Crippen LogP contribution is -2.15. The van der Waals surface area contributed by atoms with Crippen LogP contribution in [0.15, 0.2) is 17.8 Å². The summed E-state index contributed by atoms with van der Waals surface area (Å²) in [5.41, 5.74) is 1.16. The molecule has 4 nitrogen and oxygen atoms in total. The first kappa shape index (κ1) is 14.2. The molecule has 0 atom stereocenters. The van der Waals surface area contributed by atoms with Crippen molar-refractivity contribution in [3.05, 3.63) is 23.5 Å². The molecule has 0 saturated carbocycles. The number of aromatic nitrogens is 3. The summed E-state index contributed by atoms with van der Waals surface area (Å²) in [5, 5.41) is 3.16. The maximum atomic E-state index is 4.68. The number of aryl methyl sites for hydroxylation is 1. The molecule has 104 valence electrons. The van der Waals surface area contributed by atoms with E-state index in [2.05, 4.69) is 52.8 Å². The van der Waals surface area contributed by atoms with Crippen LogP contribution >= 0.6 is 11.3 Å². The van der Waals surface area contributed by atoms with Crippen molar-refractivity contribution in [3.8, 4) is 10.8 Å². The van der Waals surface area contributed by atoms with Crippen LogP contribution in [0.5, 0.6) is 0 Å². The van der Waals surface area contributed by atoms with Gasteiger partial charge in [0.1, 0.15) is 0 Å². The molecule has 5 heteroatoms. The summed E-state index contributed by atoms with van der Waals surface area (Å²) in [5.74, 6) is 1.47. The smallest absolute Gasteiger partial charge is 0.169 e. The number of imidazole rings is 1. The summed E-state index contributed by atoms with van der Waals surface area (Å²) in [4.78, 5) is 11.3. The van der Waals surface area contributed by atoms with Crippen LogP contribution in [0, 0.1) is 0 Å². The van der Waals surface area contributed by atoms with Crippen molar-refractivity contribution in [2.45, 2.75) is 32.7 Å². The molecule has 0 unspecified atom stereocenters. The zero-order valence-electron chi connectivity index (χ0n) is 12.1. The standard InChI is InChI=1S/C14H22N4S/c1-11(2)12-10-19-14(16-12)13-15-6-9-18(13)8-5-7-17(3)4/h6,9-11H,5,7-8H2,1-4H3. The number of hydrogen-bond donors (Lipinski definition) is 0. The summed E-state index contributed by atoms with van der Waals surface area (Å²) in [6, 6.07) is 0. The molecule has 0 N–H and O–H groups in total. The highest BCUT2D eigenvalue weighted by atomic mass is 32.1. The Labute approximate surface area is 119 Å². The fourth-order valence-corrected chi connectivity index (χ4v) is 2.89. The molecular weight excluding hydrogens is 256 g/mol. The Bertz CT molecular complexity index is 513. The lowest BCUT2D eigenvalue weighted by molar-refractivity contribution is 0.387. The third-order valence-corrected chi connectivity index (χ3v) is 3.88. The van der Waals surface area contributed by atoms with Crippen molar-refractivity contribution in [1.82, 2.24) is 19.4 Å². The molecule has 0 saturated heterocycles. The van der Waals surface area contributed by atoms with Crippen molar-refractivity contribution in [2.75, 3.05) is 20.6 Å². The minimum Gasteiger partial charge on any atom is -0.329 e. The molecule has 0 amide bonds. The molecule has 2 aromatic heterocycles. The molecule has 0 spiro atoms. The summed E-state index contributed by atoms with van der Waals surface area (Å²) in [6.45, 7) is 6.42. The fraction of sp³-hybridized carbons (Fsp3) is 0.571. The molecule has 0 bridgehead atoms. The van der Waals surface area contributed by atoms with Crippen LogP contribution in [0.3, 0.4) is 0 Å². The van der Waals surface area contributed by atoms with Crippen LogP contribution in [0.25, 0.3) is 10.8 Å². The highest BCUT2D eigenvalue weighted by Crippen LogP contribution is 2.25. The van der Waals surface area contributed by atoms with Gasteiger partial charge in [0.2, 0.25) is 0 Å². The molecule has 2 aromatic rings. The van der Waals surface area contributed by atoms with E-state index in [9.17, 15) is 0 Å². The van der Waals surface area contributed by atoms with E-state index in [1.165, 1.54) is 0 Å².